The van der Waals surface area contributed by atoms with Crippen LogP contribution < -0.4 is 30.3 Å². The molecule has 0 saturated carbocycles. The summed E-state index contributed by atoms with van der Waals surface area (Å²) in [4.78, 5) is 28.7. The normalized spacial score (nSPS) is 12.1. The van der Waals surface area contributed by atoms with Crippen LogP contribution in [0.5, 0.6) is 23.0 Å². The fraction of sp³-hybridized carbons (Fsp3) is 0.333. The maximum atomic E-state index is 13.3. The summed E-state index contributed by atoms with van der Waals surface area (Å²) in [6.45, 7) is 3.53. The van der Waals surface area contributed by atoms with Crippen molar-refractivity contribution in [2.24, 2.45) is 0 Å². The molecule has 6 rings (SSSR count). The summed E-state index contributed by atoms with van der Waals surface area (Å²) in [5, 5.41) is 0.740. The summed E-state index contributed by atoms with van der Waals surface area (Å²) >= 11 is 12.1. The van der Waals surface area contributed by atoms with Gasteiger partial charge < -0.3 is 38.8 Å². The van der Waals surface area contributed by atoms with E-state index < -0.39 is 61.9 Å². The van der Waals surface area contributed by atoms with Crippen LogP contribution in [0.2, 0.25) is 10.0 Å². The van der Waals surface area contributed by atoms with Crippen LogP contribution in [0, 0.1) is 14.9 Å². The molecule has 2 heterocycles. The predicted octanol–water partition coefficient (Wildman–Crippen LogP) is 7.68. The predicted molar refractivity (Wildman–Crippen MR) is 242 cm³/mol. The number of hydrogen-bond donors (Lipinski definition) is 1. The van der Waals surface area contributed by atoms with Crippen molar-refractivity contribution in [3.05, 3.63) is 130 Å². The Kier molecular flexibility index (Phi) is 22.6. The zero-order valence-corrected chi connectivity index (χ0v) is 45.3. The molecule has 0 spiro atoms. The van der Waals surface area contributed by atoms with Crippen molar-refractivity contribution in [2.75, 3.05) is 51.5 Å². The fourth-order valence-corrected chi connectivity index (χ4v) is 9.00. The Bertz CT molecular complexity index is 2850. The molecule has 14 nitrogen and oxygen atoms in total. The van der Waals surface area contributed by atoms with Crippen molar-refractivity contribution in [1.29, 1.82) is 0 Å². The molecule has 6 aromatic rings. The van der Waals surface area contributed by atoms with Gasteiger partial charge in [-0.3, -0.25) is 13.7 Å². The average Bonchev–Trinajstić information content (AvgIpc) is 3.63. The minimum absolute atomic E-state index is 0. The van der Waals surface area contributed by atoms with Crippen LogP contribution in [-0.4, -0.2) is 93.4 Å². The number of halogens is 4. The van der Waals surface area contributed by atoms with Gasteiger partial charge in [0.1, 0.15) is 19.7 Å². The number of imidazole rings is 2. The number of fused-ring (bicyclic) bond motifs is 2. The van der Waals surface area contributed by atoms with E-state index in [1.807, 2.05) is 6.92 Å². The number of rotatable bonds is 16. The van der Waals surface area contributed by atoms with Crippen LogP contribution in [0.4, 0.5) is 8.78 Å². The van der Waals surface area contributed by atoms with Crippen LogP contribution in [0.15, 0.2) is 82.4 Å². The van der Waals surface area contributed by atoms with Gasteiger partial charge in [-0.1, -0.05) is 35.3 Å². The van der Waals surface area contributed by atoms with Gasteiger partial charge in [0, 0.05) is 64.7 Å². The Morgan fingerprint density at radius 2 is 1.09 bits per heavy atom. The Balaban J connectivity index is 0.000000607. The number of aromatic nitrogens is 4. The van der Waals surface area contributed by atoms with Gasteiger partial charge in [0.2, 0.25) is 0 Å². The first kappa shape index (κ1) is 58.4. The molecule has 0 saturated heterocycles. The van der Waals surface area contributed by atoms with Gasteiger partial charge in [0.05, 0.1) is 79.6 Å². The molecule has 0 aliphatic carbocycles. The quantitative estimate of drug-likeness (QED) is 0.0949. The molecule has 0 aliphatic heterocycles. The molecule has 0 bridgehead atoms. The van der Waals surface area contributed by atoms with Crippen molar-refractivity contribution >= 4 is 64.9 Å². The number of benzene rings is 4. The van der Waals surface area contributed by atoms with E-state index in [0.29, 0.717) is 68.9 Å². The fourth-order valence-electron chi connectivity index (χ4n) is 6.83. The zero-order valence-electron chi connectivity index (χ0n) is 36.3. The van der Waals surface area contributed by atoms with E-state index in [1.54, 1.807) is 61.5 Å². The molecule has 0 unspecified atom stereocenters. The van der Waals surface area contributed by atoms with Crippen molar-refractivity contribution in [3.63, 3.8) is 0 Å². The Morgan fingerprint density at radius 3 is 1.53 bits per heavy atom. The number of sulfone groups is 2. The van der Waals surface area contributed by atoms with Gasteiger partial charge in [-0.05, 0) is 85.6 Å². The van der Waals surface area contributed by atoms with Crippen LogP contribution in [-0.2, 0) is 68.3 Å². The molecule has 0 aliphatic rings. The van der Waals surface area contributed by atoms with E-state index in [4.69, 9.17) is 42.1 Å². The molecule has 2 atom stereocenters. The Hall–Kier alpha value is -3.66. The molecule has 0 amide bonds. The summed E-state index contributed by atoms with van der Waals surface area (Å²) in [5.41, 5.74) is 1.49. The third-order valence-corrected chi connectivity index (χ3v) is 11.5. The Labute approximate surface area is 410 Å². The largest absolute Gasteiger partial charge is 0.493 e. The van der Waals surface area contributed by atoms with Gasteiger partial charge in [0.25, 0.3) is 6.43 Å². The third kappa shape index (κ3) is 14.2. The molecule has 64 heavy (non-hydrogen) atoms. The van der Waals surface area contributed by atoms with Gasteiger partial charge in [-0.15, -0.1) is 0 Å². The summed E-state index contributed by atoms with van der Waals surface area (Å²) in [6.07, 6.45) is -0.596. The molecule has 4 aromatic carbocycles. The standard InChI is InChI=1S/C21H23ClF2N2O5S.C19H21ClN2O5S.2CH3.2W/c1-4-31-19-9-13(5-8-18(19)30-2)17(12-32(3,28)29)26-15-7-6-14(22)10-16(15)25(21(26)27)11-20(23)24;1-4-27-18-9-12(5-8-17(18)26-2)16(11-28(3,24)25)22-15-7-6-13(20)10-14(15)21-19(22)23;;;;/h5-10,17,20H,4,11-12H2,1-3H3;5-10,16H,4,11H2,1-3H3,(H,21,23);2*1H3;;/q;;2*-1;;/t17-;16-;;;;/m11..../s1. The van der Waals surface area contributed by atoms with Gasteiger partial charge in [-0.25, -0.2) is 35.2 Å². The molecule has 1 N–H and O–H groups in total. The summed E-state index contributed by atoms with van der Waals surface area (Å²) < 4.78 is 101. The molecule has 0 fully saturated rings. The number of aromatic amines is 1. The summed E-state index contributed by atoms with van der Waals surface area (Å²) in [5.74, 6) is 1.15. The van der Waals surface area contributed by atoms with Gasteiger partial charge in [-0.2, -0.15) is 0 Å². The topological polar surface area (TPSA) is 170 Å². The van der Waals surface area contributed by atoms with E-state index in [9.17, 15) is 35.2 Å². The second kappa shape index (κ2) is 24.7. The van der Waals surface area contributed by atoms with E-state index in [1.165, 1.54) is 41.6 Å². The maximum Gasteiger partial charge on any atom is 0.329 e. The molecule has 2 aromatic heterocycles. The van der Waals surface area contributed by atoms with Crippen molar-refractivity contribution in [3.8, 4) is 23.0 Å². The van der Waals surface area contributed by atoms with E-state index in [2.05, 4.69) is 4.98 Å². The van der Waals surface area contributed by atoms with E-state index in [-0.39, 0.29) is 73.3 Å². The van der Waals surface area contributed by atoms with Gasteiger partial charge in [0.15, 0.2) is 23.0 Å². The second-order valence-electron chi connectivity index (χ2n) is 13.7. The number of H-pyrrole nitrogens is 1. The number of alkyl halides is 2. The van der Waals surface area contributed by atoms with Gasteiger partial charge >= 0.3 is 11.4 Å². The number of nitrogens with zero attached hydrogens (tertiary/aromatic N) is 3. The molecule has 0 radical (unpaired) electrons. The van der Waals surface area contributed by atoms with Crippen LogP contribution >= 0.6 is 23.2 Å². The van der Waals surface area contributed by atoms with Crippen LogP contribution in [0.1, 0.15) is 37.1 Å². The first-order valence-corrected chi connectivity index (χ1v) is 23.2. The number of hydrogen-bond acceptors (Lipinski definition) is 10. The molecule has 352 valence electrons. The summed E-state index contributed by atoms with van der Waals surface area (Å²) in [7, 11) is -3.99. The third-order valence-electron chi connectivity index (χ3n) is 9.21. The van der Waals surface area contributed by atoms with Crippen LogP contribution in [0.3, 0.4) is 0 Å². The minimum atomic E-state index is -3.58. The Morgan fingerprint density at radius 1 is 0.641 bits per heavy atom. The molecular weight excluding hydrogens is 1260 g/mol. The monoisotopic (exact) mass is 1310 g/mol. The van der Waals surface area contributed by atoms with Crippen molar-refractivity contribution in [1.82, 2.24) is 18.7 Å². The zero-order chi connectivity index (χ0) is 44.1. The minimum Gasteiger partial charge on any atom is -0.493 e. The molecular formula is C42H50Cl2F2N4O10S2W2-2. The van der Waals surface area contributed by atoms with E-state index in [0.717, 1.165) is 17.1 Å². The number of methoxy groups -OCH3 is 2. The van der Waals surface area contributed by atoms with E-state index >= 15 is 0 Å². The first-order chi connectivity index (χ1) is 28.3. The first-order valence-electron chi connectivity index (χ1n) is 18.3. The number of nitrogens with one attached hydrogen (secondary N) is 1. The maximum absolute atomic E-state index is 13.3. The smallest absolute Gasteiger partial charge is 0.329 e. The number of ether oxygens (including phenoxy) is 4. The summed E-state index contributed by atoms with van der Waals surface area (Å²) in [6, 6.07) is 17.6. The average molecular weight is 1310 g/mol. The van der Waals surface area contributed by atoms with Crippen molar-refractivity contribution in [2.45, 2.75) is 38.9 Å². The second-order valence-corrected chi connectivity index (χ2v) is 18.9. The van der Waals surface area contributed by atoms with Crippen molar-refractivity contribution < 1.29 is 86.7 Å². The van der Waals surface area contributed by atoms with Crippen LogP contribution in [0.25, 0.3) is 22.1 Å². The SMILES string of the molecule is CCOc1cc([C@@H](CS(C)(=O)=O)n2c(=O)[nH]c3cc(Cl)ccc32)ccc1OC.CCOc1cc([C@@H](CS(C)(=O)=O)n2c(=O)n(CC(F)F)c3cc(Cl)ccc32)ccc1OC.[CH3-].[CH3-].[W].[W]. The molecule has 22 heteroatoms.